The number of piperidine rings is 1. The Morgan fingerprint density at radius 2 is 1.76 bits per heavy atom. The largest absolute Gasteiger partial charge is 0.490 e. The third kappa shape index (κ3) is 7.26. The average Bonchev–Trinajstić information content (AvgIpc) is 2.79. The van der Waals surface area contributed by atoms with Crippen molar-refractivity contribution in [1.29, 1.82) is 0 Å². The highest BCUT2D eigenvalue weighted by Gasteiger charge is 2.38. The Kier molecular flexibility index (Phi) is 9.16. The molecule has 1 aromatic heterocycles. The van der Waals surface area contributed by atoms with Gasteiger partial charge in [0.15, 0.2) is 0 Å². The number of sulfonamides is 1. The summed E-state index contributed by atoms with van der Waals surface area (Å²) in [7, 11) is -3.73. The van der Waals surface area contributed by atoms with E-state index in [-0.39, 0.29) is 10.8 Å². The van der Waals surface area contributed by atoms with Crippen molar-refractivity contribution in [2.75, 3.05) is 11.9 Å². The SMILES string of the molecule is CCc1cccc(NC(=O)[C@H]2CCCCN2S(=O)(=O)c2ccc(C)cc2)n1.O=C(O)C(F)(F)F. The number of rotatable bonds is 5. The number of carbonyl (C=O) groups excluding carboxylic acids is 1. The highest BCUT2D eigenvalue weighted by atomic mass is 32.2. The van der Waals surface area contributed by atoms with Crippen LogP contribution in [0.25, 0.3) is 0 Å². The van der Waals surface area contributed by atoms with Crippen LogP contribution >= 0.6 is 0 Å². The normalized spacial score (nSPS) is 16.8. The molecule has 2 aromatic rings. The van der Waals surface area contributed by atoms with Gasteiger partial charge in [0.05, 0.1) is 4.90 Å². The molecule has 0 aliphatic carbocycles. The molecule has 1 fully saturated rings. The van der Waals surface area contributed by atoms with E-state index in [0.29, 0.717) is 18.8 Å². The summed E-state index contributed by atoms with van der Waals surface area (Å²) < 4.78 is 59.3. The van der Waals surface area contributed by atoms with Crippen molar-refractivity contribution in [3.63, 3.8) is 0 Å². The Labute approximate surface area is 195 Å². The minimum absolute atomic E-state index is 0.221. The quantitative estimate of drug-likeness (QED) is 0.644. The number of carboxylic acid groups (broad SMARTS) is 1. The van der Waals surface area contributed by atoms with Gasteiger partial charge in [-0.15, -0.1) is 0 Å². The number of hydrogen-bond acceptors (Lipinski definition) is 5. The molecule has 0 unspecified atom stereocenters. The number of pyridine rings is 1. The van der Waals surface area contributed by atoms with Crippen molar-refractivity contribution in [1.82, 2.24) is 9.29 Å². The number of anilines is 1. The van der Waals surface area contributed by atoms with Gasteiger partial charge in [0, 0.05) is 12.2 Å². The number of nitrogens with one attached hydrogen (secondary N) is 1. The van der Waals surface area contributed by atoms with Crippen molar-refractivity contribution in [2.24, 2.45) is 0 Å². The highest BCUT2D eigenvalue weighted by Crippen LogP contribution is 2.26. The summed E-state index contributed by atoms with van der Waals surface area (Å²) in [5.74, 6) is -2.63. The predicted octanol–water partition coefficient (Wildman–Crippen LogP) is 3.77. The van der Waals surface area contributed by atoms with E-state index in [2.05, 4.69) is 10.3 Å². The van der Waals surface area contributed by atoms with Gasteiger partial charge in [0.2, 0.25) is 15.9 Å². The lowest BCUT2D eigenvalue weighted by Crippen LogP contribution is -2.49. The number of aromatic nitrogens is 1. The second kappa shape index (κ2) is 11.4. The van der Waals surface area contributed by atoms with Gasteiger partial charge in [-0.1, -0.05) is 37.1 Å². The van der Waals surface area contributed by atoms with E-state index in [1.807, 2.05) is 26.0 Å². The summed E-state index contributed by atoms with van der Waals surface area (Å²) in [6, 6.07) is 11.5. The number of amides is 1. The molecule has 186 valence electrons. The Hall–Kier alpha value is -2.99. The van der Waals surface area contributed by atoms with E-state index >= 15 is 0 Å². The second-order valence-electron chi connectivity index (χ2n) is 7.60. The monoisotopic (exact) mass is 501 g/mol. The van der Waals surface area contributed by atoms with Gasteiger partial charge in [-0.05, 0) is 50.5 Å². The van der Waals surface area contributed by atoms with Crippen molar-refractivity contribution in [3.8, 4) is 0 Å². The number of carboxylic acids is 1. The molecular weight excluding hydrogens is 475 g/mol. The first-order valence-electron chi connectivity index (χ1n) is 10.5. The molecule has 1 aliphatic rings. The molecule has 1 aromatic carbocycles. The summed E-state index contributed by atoms with van der Waals surface area (Å²) >= 11 is 0. The topological polar surface area (TPSA) is 117 Å². The first-order valence-corrected chi connectivity index (χ1v) is 12.0. The zero-order chi connectivity index (χ0) is 25.5. The first kappa shape index (κ1) is 27.3. The standard InChI is InChI=1S/C20H25N3O3S.C2HF3O2/c1-3-16-7-6-9-19(21-16)22-20(24)18-8-4-5-14-23(18)27(25,26)17-12-10-15(2)11-13-17;3-2(4,5)1(6)7/h6-7,9-13,18H,3-5,8,14H2,1-2H3,(H,21,22,24);(H,6,7)/t18-;/m1./s1. The molecule has 0 radical (unpaired) electrons. The van der Waals surface area contributed by atoms with Gasteiger partial charge in [-0.3, -0.25) is 4.79 Å². The van der Waals surface area contributed by atoms with E-state index in [1.165, 1.54) is 4.31 Å². The smallest absolute Gasteiger partial charge is 0.475 e. The lowest BCUT2D eigenvalue weighted by atomic mass is 10.0. The van der Waals surface area contributed by atoms with E-state index < -0.39 is 28.2 Å². The maximum absolute atomic E-state index is 13.1. The number of aryl methyl sites for hydroxylation is 2. The van der Waals surface area contributed by atoms with E-state index in [9.17, 15) is 26.4 Å². The van der Waals surface area contributed by atoms with Crippen LogP contribution in [0, 0.1) is 6.92 Å². The Morgan fingerprint density at radius 1 is 1.15 bits per heavy atom. The van der Waals surface area contributed by atoms with E-state index in [4.69, 9.17) is 9.90 Å². The molecule has 1 atom stereocenters. The molecule has 1 amide bonds. The Bertz CT molecular complexity index is 1110. The van der Waals surface area contributed by atoms with Crippen LogP contribution in [0.1, 0.15) is 37.4 Å². The zero-order valence-corrected chi connectivity index (χ0v) is 19.5. The molecule has 2 N–H and O–H groups in total. The van der Waals surface area contributed by atoms with Gasteiger partial charge in [0.25, 0.3) is 0 Å². The van der Waals surface area contributed by atoms with Crippen LogP contribution in [0.2, 0.25) is 0 Å². The highest BCUT2D eigenvalue weighted by molar-refractivity contribution is 7.89. The molecule has 1 saturated heterocycles. The Morgan fingerprint density at radius 3 is 2.32 bits per heavy atom. The van der Waals surface area contributed by atoms with Gasteiger partial charge in [-0.2, -0.15) is 17.5 Å². The van der Waals surface area contributed by atoms with Crippen molar-refractivity contribution >= 4 is 27.7 Å². The number of benzene rings is 1. The Balaban J connectivity index is 0.000000509. The summed E-state index contributed by atoms with van der Waals surface area (Å²) in [6.45, 7) is 4.24. The minimum Gasteiger partial charge on any atom is -0.475 e. The predicted molar refractivity (Wildman–Crippen MR) is 119 cm³/mol. The fourth-order valence-corrected chi connectivity index (χ4v) is 4.91. The summed E-state index contributed by atoms with van der Waals surface area (Å²) in [4.78, 5) is 26.4. The zero-order valence-electron chi connectivity index (χ0n) is 18.7. The third-order valence-corrected chi connectivity index (χ3v) is 6.97. The van der Waals surface area contributed by atoms with Gasteiger partial charge >= 0.3 is 12.1 Å². The van der Waals surface area contributed by atoms with Crippen LogP contribution in [0.15, 0.2) is 47.4 Å². The van der Waals surface area contributed by atoms with Crippen LogP contribution in [0.5, 0.6) is 0 Å². The van der Waals surface area contributed by atoms with Crippen molar-refractivity contribution < 1.29 is 36.3 Å². The maximum atomic E-state index is 13.1. The number of halogens is 3. The van der Waals surface area contributed by atoms with Gasteiger partial charge < -0.3 is 10.4 Å². The van der Waals surface area contributed by atoms with Crippen LogP contribution in [-0.4, -0.2) is 53.5 Å². The first-order chi connectivity index (χ1) is 15.9. The summed E-state index contributed by atoms with van der Waals surface area (Å²) in [5, 5.41) is 9.92. The third-order valence-electron chi connectivity index (χ3n) is 5.05. The number of hydrogen-bond donors (Lipinski definition) is 2. The average molecular weight is 502 g/mol. The molecule has 0 saturated carbocycles. The molecule has 1 aliphatic heterocycles. The molecule has 0 bridgehead atoms. The number of alkyl halides is 3. The van der Waals surface area contributed by atoms with Gasteiger partial charge in [0.1, 0.15) is 11.9 Å². The maximum Gasteiger partial charge on any atom is 0.490 e. The summed E-state index contributed by atoms with van der Waals surface area (Å²) in [5.41, 5.74) is 1.87. The van der Waals surface area contributed by atoms with E-state index in [1.54, 1.807) is 30.3 Å². The van der Waals surface area contributed by atoms with Gasteiger partial charge in [-0.25, -0.2) is 18.2 Å². The lowest BCUT2D eigenvalue weighted by Gasteiger charge is -2.33. The molecule has 3 rings (SSSR count). The number of aliphatic carboxylic acids is 1. The van der Waals surface area contributed by atoms with Crippen LogP contribution in [0.4, 0.5) is 19.0 Å². The summed E-state index contributed by atoms with van der Waals surface area (Å²) in [6.07, 6.45) is -2.25. The van der Waals surface area contributed by atoms with Crippen molar-refractivity contribution in [3.05, 3.63) is 53.7 Å². The lowest BCUT2D eigenvalue weighted by molar-refractivity contribution is -0.192. The fourth-order valence-electron chi connectivity index (χ4n) is 3.26. The fraction of sp³-hybridized carbons (Fsp3) is 0.409. The molecule has 0 spiro atoms. The molecule has 34 heavy (non-hydrogen) atoms. The van der Waals surface area contributed by atoms with Crippen LogP contribution < -0.4 is 5.32 Å². The van der Waals surface area contributed by atoms with Crippen LogP contribution in [-0.2, 0) is 26.0 Å². The molecule has 2 heterocycles. The number of carbonyl (C=O) groups is 2. The molecule has 8 nitrogen and oxygen atoms in total. The second-order valence-corrected chi connectivity index (χ2v) is 9.49. The minimum atomic E-state index is -5.08. The molecule has 12 heteroatoms. The molecular formula is C22H26F3N3O5S. The van der Waals surface area contributed by atoms with Crippen LogP contribution in [0.3, 0.4) is 0 Å². The van der Waals surface area contributed by atoms with E-state index in [0.717, 1.165) is 30.5 Å². The number of nitrogens with zero attached hydrogens (tertiary/aromatic N) is 2. The van der Waals surface area contributed by atoms with Crippen molar-refractivity contribution in [2.45, 2.75) is 56.6 Å².